The van der Waals surface area contributed by atoms with E-state index in [1.807, 2.05) is 0 Å². The molecule has 1 aliphatic heterocycles. The summed E-state index contributed by atoms with van der Waals surface area (Å²) in [5.74, 6) is 0. The fourth-order valence-corrected chi connectivity index (χ4v) is 3.89. The van der Waals surface area contributed by atoms with Gasteiger partial charge in [-0.05, 0) is 29.8 Å². The summed E-state index contributed by atoms with van der Waals surface area (Å²) >= 11 is 5.81. The van der Waals surface area contributed by atoms with Gasteiger partial charge in [0, 0.05) is 23.7 Å². The summed E-state index contributed by atoms with van der Waals surface area (Å²) < 4.78 is 26.3. The van der Waals surface area contributed by atoms with Gasteiger partial charge in [0.15, 0.2) is 0 Å². The minimum atomic E-state index is -3.64. The molecular weight excluding hydrogens is 328 g/mol. The molecule has 2 aromatic rings. The van der Waals surface area contributed by atoms with Crippen LogP contribution in [0.15, 0.2) is 53.4 Å². The number of hydrogen-bond donors (Lipinski definition) is 0. The number of nitrogens with zero attached hydrogens (tertiary/aromatic N) is 2. The highest BCUT2D eigenvalue weighted by molar-refractivity contribution is 7.89. The first-order chi connectivity index (χ1) is 10.4. The van der Waals surface area contributed by atoms with Crippen molar-refractivity contribution >= 4 is 27.3 Å². The van der Waals surface area contributed by atoms with Crippen molar-refractivity contribution in [1.82, 2.24) is 4.31 Å². The molecule has 114 valence electrons. The van der Waals surface area contributed by atoms with Crippen LogP contribution < -0.4 is 0 Å². The van der Waals surface area contributed by atoms with Gasteiger partial charge in [-0.25, -0.2) is 8.42 Å². The predicted octanol–water partition coefficient (Wildman–Crippen LogP) is 2.99. The highest BCUT2D eigenvalue weighted by atomic mass is 35.5. The van der Waals surface area contributed by atoms with E-state index in [9.17, 15) is 18.5 Å². The molecule has 0 bridgehead atoms. The van der Waals surface area contributed by atoms with E-state index in [2.05, 4.69) is 0 Å². The standard InChI is InChI=1S/C14H11ClN2O4S/c15-11-3-1-10(2-4-11)14-9-16(14)22(20,21)13-7-5-12(6-8-13)17(18)19/h1-8,14H,9H2/t14-,16?/m1/s1. The molecule has 22 heavy (non-hydrogen) atoms. The Morgan fingerprint density at radius 3 is 2.23 bits per heavy atom. The van der Waals surface area contributed by atoms with Crippen LogP contribution in [0.2, 0.25) is 5.02 Å². The summed E-state index contributed by atoms with van der Waals surface area (Å²) in [6.07, 6.45) is 0. The van der Waals surface area contributed by atoms with E-state index in [-0.39, 0.29) is 16.6 Å². The van der Waals surface area contributed by atoms with Gasteiger partial charge in [0.05, 0.1) is 15.9 Å². The molecule has 0 amide bonds. The number of halogens is 1. The lowest BCUT2D eigenvalue weighted by molar-refractivity contribution is -0.384. The van der Waals surface area contributed by atoms with Crippen LogP contribution in [-0.4, -0.2) is 24.2 Å². The van der Waals surface area contributed by atoms with Crippen molar-refractivity contribution in [3.8, 4) is 0 Å². The first-order valence-corrected chi connectivity index (χ1v) is 8.23. The Bertz CT molecular complexity index is 819. The number of rotatable bonds is 4. The van der Waals surface area contributed by atoms with E-state index in [1.165, 1.54) is 28.6 Å². The normalized spacial score (nSPS) is 20.6. The Labute approximate surface area is 132 Å². The largest absolute Gasteiger partial charge is 0.269 e. The number of non-ortho nitro benzene ring substituents is 1. The third kappa shape index (κ3) is 2.70. The summed E-state index contributed by atoms with van der Waals surface area (Å²) in [7, 11) is -3.64. The van der Waals surface area contributed by atoms with Crippen LogP contribution in [0, 0.1) is 10.1 Å². The van der Waals surface area contributed by atoms with Gasteiger partial charge >= 0.3 is 0 Å². The summed E-state index contributed by atoms with van der Waals surface area (Å²) in [5.41, 5.74) is 0.730. The zero-order chi connectivity index (χ0) is 15.9. The minimum Gasteiger partial charge on any atom is -0.258 e. The molecule has 1 fully saturated rings. The Morgan fingerprint density at radius 1 is 1.09 bits per heavy atom. The van der Waals surface area contributed by atoms with Crippen molar-refractivity contribution < 1.29 is 13.3 Å². The van der Waals surface area contributed by atoms with Crippen LogP contribution in [0.3, 0.4) is 0 Å². The maximum atomic E-state index is 12.5. The average molecular weight is 339 g/mol. The zero-order valence-electron chi connectivity index (χ0n) is 11.2. The lowest BCUT2D eigenvalue weighted by Gasteiger charge is -2.06. The highest BCUT2D eigenvalue weighted by Gasteiger charge is 2.45. The first-order valence-electron chi connectivity index (χ1n) is 6.41. The summed E-state index contributed by atoms with van der Waals surface area (Å²) in [6.45, 7) is 0.390. The minimum absolute atomic E-state index is 0.0505. The van der Waals surface area contributed by atoms with Gasteiger partial charge in [0.2, 0.25) is 10.0 Å². The Morgan fingerprint density at radius 2 is 1.68 bits per heavy atom. The van der Waals surface area contributed by atoms with E-state index in [4.69, 9.17) is 11.6 Å². The quantitative estimate of drug-likeness (QED) is 0.487. The SMILES string of the molecule is O=[N+]([O-])c1ccc(S(=O)(=O)N2C[C@@H]2c2ccc(Cl)cc2)cc1. The topological polar surface area (TPSA) is 80.3 Å². The lowest BCUT2D eigenvalue weighted by Crippen LogP contribution is -2.12. The van der Waals surface area contributed by atoms with Gasteiger partial charge in [-0.1, -0.05) is 23.7 Å². The highest BCUT2D eigenvalue weighted by Crippen LogP contribution is 2.40. The lowest BCUT2D eigenvalue weighted by atomic mass is 10.2. The number of nitro benzene ring substituents is 1. The molecule has 0 saturated carbocycles. The third-order valence-corrected chi connectivity index (χ3v) is 5.62. The van der Waals surface area contributed by atoms with Gasteiger partial charge in [-0.2, -0.15) is 4.31 Å². The second-order valence-corrected chi connectivity index (χ2v) is 7.22. The summed E-state index contributed by atoms with van der Waals surface area (Å²) in [4.78, 5) is 10.1. The van der Waals surface area contributed by atoms with Gasteiger partial charge < -0.3 is 0 Å². The molecule has 2 atom stereocenters. The van der Waals surface area contributed by atoms with Crippen LogP contribution in [-0.2, 0) is 10.0 Å². The number of nitro groups is 1. The number of hydrogen-bond acceptors (Lipinski definition) is 4. The molecule has 1 aliphatic rings. The second-order valence-electron chi connectivity index (χ2n) is 4.89. The van der Waals surface area contributed by atoms with E-state index in [0.717, 1.165) is 5.56 Å². The fraction of sp³-hybridized carbons (Fsp3) is 0.143. The third-order valence-electron chi connectivity index (χ3n) is 3.48. The van der Waals surface area contributed by atoms with Crippen molar-refractivity contribution in [2.24, 2.45) is 0 Å². The van der Waals surface area contributed by atoms with Crippen molar-refractivity contribution in [3.05, 3.63) is 69.2 Å². The Hall–Kier alpha value is -1.96. The molecule has 1 saturated heterocycles. The molecule has 8 heteroatoms. The van der Waals surface area contributed by atoms with E-state index in [0.29, 0.717) is 11.6 Å². The van der Waals surface area contributed by atoms with Gasteiger partial charge in [0.25, 0.3) is 5.69 Å². The fourth-order valence-electron chi connectivity index (χ4n) is 2.22. The number of benzene rings is 2. The van der Waals surface area contributed by atoms with Crippen LogP contribution in [0.4, 0.5) is 5.69 Å². The molecular formula is C14H11ClN2O4S. The van der Waals surface area contributed by atoms with Gasteiger partial charge in [0.1, 0.15) is 0 Å². The van der Waals surface area contributed by atoms with Crippen LogP contribution >= 0.6 is 11.6 Å². The zero-order valence-corrected chi connectivity index (χ0v) is 12.8. The summed E-state index contributed by atoms with van der Waals surface area (Å²) in [5, 5.41) is 11.2. The molecule has 0 aromatic heterocycles. The van der Waals surface area contributed by atoms with Gasteiger partial charge in [-0.3, -0.25) is 10.1 Å². The maximum absolute atomic E-state index is 12.5. The smallest absolute Gasteiger partial charge is 0.258 e. The molecule has 0 aliphatic carbocycles. The Balaban J connectivity index is 1.82. The molecule has 2 aromatic carbocycles. The molecule has 0 spiro atoms. The molecule has 1 unspecified atom stereocenters. The molecule has 3 rings (SSSR count). The first kappa shape index (κ1) is 15.0. The maximum Gasteiger partial charge on any atom is 0.269 e. The van der Waals surface area contributed by atoms with E-state index in [1.54, 1.807) is 24.3 Å². The van der Waals surface area contributed by atoms with Crippen molar-refractivity contribution in [2.75, 3.05) is 6.54 Å². The summed E-state index contributed by atoms with van der Waals surface area (Å²) in [6, 6.07) is 11.7. The van der Waals surface area contributed by atoms with Crippen molar-refractivity contribution in [2.45, 2.75) is 10.9 Å². The van der Waals surface area contributed by atoms with Crippen LogP contribution in [0.1, 0.15) is 11.6 Å². The molecule has 0 N–H and O–H groups in total. The molecule has 1 heterocycles. The predicted molar refractivity (Wildman–Crippen MR) is 81.2 cm³/mol. The van der Waals surface area contributed by atoms with Crippen LogP contribution in [0.5, 0.6) is 0 Å². The number of sulfonamides is 1. The van der Waals surface area contributed by atoms with Crippen LogP contribution in [0.25, 0.3) is 0 Å². The van der Waals surface area contributed by atoms with Gasteiger partial charge in [-0.15, -0.1) is 0 Å². The molecule has 0 radical (unpaired) electrons. The second kappa shape index (κ2) is 5.35. The van der Waals surface area contributed by atoms with Crippen molar-refractivity contribution in [3.63, 3.8) is 0 Å². The average Bonchev–Trinajstić information content (AvgIpc) is 3.29. The monoisotopic (exact) mass is 338 g/mol. The van der Waals surface area contributed by atoms with Crippen molar-refractivity contribution in [1.29, 1.82) is 0 Å². The van der Waals surface area contributed by atoms with E-state index < -0.39 is 14.9 Å². The molecule has 6 nitrogen and oxygen atoms in total. The Kier molecular flexibility index (Phi) is 3.64. The van der Waals surface area contributed by atoms with E-state index >= 15 is 0 Å².